The Morgan fingerprint density at radius 1 is 1.33 bits per heavy atom. The molecule has 0 aliphatic carbocycles. The predicted molar refractivity (Wildman–Crippen MR) is 21.1 cm³/mol. The summed E-state index contributed by atoms with van der Waals surface area (Å²) in [5.74, 6) is 0. The number of nitrogens with zero attached hydrogens (tertiary/aromatic N) is 2. The van der Waals surface area contributed by atoms with Crippen LogP contribution in [0.15, 0.2) is 10.2 Å². The standard InChI is InChI=1S/CH2N4Te/c2-4-1(6)5-3/h2-3H. The van der Waals surface area contributed by atoms with Crippen molar-refractivity contribution >= 4 is 25.6 Å². The molecule has 0 aliphatic rings. The van der Waals surface area contributed by atoms with Gasteiger partial charge in [-0.1, -0.05) is 0 Å². The van der Waals surface area contributed by atoms with Crippen LogP contribution in [0, 0.1) is 11.1 Å². The van der Waals surface area contributed by atoms with Crippen LogP contribution >= 0.6 is 0 Å². The number of hydrogen-bond acceptors (Lipinski definition) is 4. The molecule has 0 aromatic carbocycles. The molecular weight excluding hydrogens is 196 g/mol. The Balaban J connectivity index is 3.52. The van der Waals surface area contributed by atoms with Crippen molar-refractivity contribution in [1.29, 1.82) is 11.1 Å². The van der Waals surface area contributed by atoms with Crippen LogP contribution in [0.1, 0.15) is 0 Å². The molecule has 0 bridgehead atoms. The molecule has 0 heterocycles. The van der Waals surface area contributed by atoms with E-state index in [1.807, 2.05) is 0 Å². The predicted octanol–water partition coefficient (Wildman–Crippen LogP) is 0.304. The van der Waals surface area contributed by atoms with E-state index in [0.29, 0.717) is 0 Å². The first kappa shape index (κ1) is 5.86. The summed E-state index contributed by atoms with van der Waals surface area (Å²) >= 11 is 1.42. The molecule has 2 N–H and O–H groups in total. The zero-order chi connectivity index (χ0) is 4.99. The van der Waals surface area contributed by atoms with Crippen molar-refractivity contribution in [3.05, 3.63) is 0 Å². The minimum absolute atomic E-state index is 0.186. The first-order valence-electron chi connectivity index (χ1n) is 1.10. The molecule has 0 saturated heterocycles. The van der Waals surface area contributed by atoms with Gasteiger partial charge in [0.05, 0.1) is 0 Å². The fraction of sp³-hybridized carbons (Fsp3) is 0. The number of hydrogen-bond donors (Lipinski definition) is 2. The molecule has 0 unspecified atom stereocenters. The van der Waals surface area contributed by atoms with E-state index >= 15 is 0 Å². The van der Waals surface area contributed by atoms with E-state index in [1.165, 1.54) is 21.8 Å². The van der Waals surface area contributed by atoms with E-state index in [0.717, 1.165) is 0 Å². The summed E-state index contributed by atoms with van der Waals surface area (Å²) in [7, 11) is 0. The van der Waals surface area contributed by atoms with Crippen molar-refractivity contribution in [2.75, 3.05) is 0 Å². The van der Waals surface area contributed by atoms with E-state index in [1.54, 1.807) is 0 Å². The molecular formula is CH2N4Te. The van der Waals surface area contributed by atoms with Crippen molar-refractivity contribution in [3.8, 4) is 0 Å². The SMILES string of the molecule is N=NC(=[Te])N=N. The Hall–Kier alpha value is -0.140. The van der Waals surface area contributed by atoms with Gasteiger partial charge in [0.25, 0.3) is 0 Å². The van der Waals surface area contributed by atoms with Crippen molar-refractivity contribution in [1.82, 2.24) is 0 Å². The van der Waals surface area contributed by atoms with Crippen molar-refractivity contribution in [2.45, 2.75) is 0 Å². The summed E-state index contributed by atoms with van der Waals surface area (Å²) < 4.78 is 0.186. The number of nitrogens with one attached hydrogen (secondary N) is 2. The van der Waals surface area contributed by atoms with Crippen molar-refractivity contribution < 1.29 is 0 Å². The average Bonchev–Trinajstić information content (AvgIpc) is 1.65. The van der Waals surface area contributed by atoms with Gasteiger partial charge in [-0.25, -0.2) is 0 Å². The molecule has 4 nitrogen and oxygen atoms in total. The van der Waals surface area contributed by atoms with E-state index in [9.17, 15) is 0 Å². The van der Waals surface area contributed by atoms with Crippen LogP contribution < -0.4 is 0 Å². The van der Waals surface area contributed by atoms with Crippen LogP contribution in [0.3, 0.4) is 0 Å². The Bertz CT molecular complexity index is 75.5. The van der Waals surface area contributed by atoms with Gasteiger partial charge in [0.2, 0.25) is 0 Å². The van der Waals surface area contributed by atoms with Crippen LogP contribution in [0.4, 0.5) is 0 Å². The van der Waals surface area contributed by atoms with Gasteiger partial charge in [0.15, 0.2) is 0 Å². The quantitative estimate of drug-likeness (QED) is 0.472. The first-order valence-corrected chi connectivity index (χ1v) is 2.26. The summed E-state index contributed by atoms with van der Waals surface area (Å²) in [6, 6.07) is 0. The van der Waals surface area contributed by atoms with Gasteiger partial charge in [-0.2, -0.15) is 0 Å². The third-order valence-corrected chi connectivity index (χ3v) is 0.712. The monoisotopic (exact) mass is 200 g/mol. The normalized spacial score (nSPS) is 6.67. The topological polar surface area (TPSA) is 72.4 Å². The zero-order valence-corrected chi connectivity index (χ0v) is 5.13. The molecule has 32 valence electrons. The Morgan fingerprint density at radius 3 is 1.67 bits per heavy atom. The molecule has 0 aromatic rings. The van der Waals surface area contributed by atoms with E-state index in [2.05, 4.69) is 10.2 Å². The zero-order valence-electron chi connectivity index (χ0n) is 2.80. The summed E-state index contributed by atoms with van der Waals surface area (Å²) in [5, 5.41) is 5.65. The summed E-state index contributed by atoms with van der Waals surface area (Å²) in [6.07, 6.45) is 0. The summed E-state index contributed by atoms with van der Waals surface area (Å²) in [6.45, 7) is 0. The van der Waals surface area contributed by atoms with Gasteiger partial charge >= 0.3 is 46.9 Å². The summed E-state index contributed by atoms with van der Waals surface area (Å²) in [5.41, 5.74) is 12.4. The molecule has 0 radical (unpaired) electrons. The maximum absolute atomic E-state index is 6.19. The van der Waals surface area contributed by atoms with Gasteiger partial charge in [-0.3, -0.25) is 0 Å². The molecule has 0 aromatic heterocycles. The fourth-order valence-corrected chi connectivity index (χ4v) is 0.0250. The second-order valence-corrected chi connectivity index (χ2v) is 1.55. The van der Waals surface area contributed by atoms with Crippen LogP contribution in [0.5, 0.6) is 0 Å². The van der Waals surface area contributed by atoms with Crippen LogP contribution in [0.25, 0.3) is 0 Å². The molecule has 0 amide bonds. The van der Waals surface area contributed by atoms with Crippen LogP contribution in [-0.4, -0.2) is 25.6 Å². The molecule has 0 atom stereocenters. The Kier molecular flexibility index (Phi) is 2.99. The second kappa shape index (κ2) is 3.07. The van der Waals surface area contributed by atoms with Gasteiger partial charge in [-0.15, -0.1) is 0 Å². The van der Waals surface area contributed by atoms with Gasteiger partial charge < -0.3 is 0 Å². The molecule has 0 rings (SSSR count). The minimum atomic E-state index is 0.186. The van der Waals surface area contributed by atoms with Crippen molar-refractivity contribution in [3.63, 3.8) is 0 Å². The summed E-state index contributed by atoms with van der Waals surface area (Å²) in [4.78, 5) is 0. The third-order valence-electron chi connectivity index (χ3n) is 0.191. The molecule has 0 fully saturated rings. The second-order valence-electron chi connectivity index (χ2n) is 0.506. The molecule has 0 spiro atoms. The average molecular weight is 198 g/mol. The van der Waals surface area contributed by atoms with Gasteiger partial charge in [0.1, 0.15) is 0 Å². The number of rotatable bonds is 2. The van der Waals surface area contributed by atoms with E-state index in [4.69, 9.17) is 11.1 Å². The van der Waals surface area contributed by atoms with E-state index in [-0.39, 0.29) is 3.80 Å². The fourth-order valence-electron chi connectivity index (χ4n) is 0.0250. The Labute approximate surface area is 47.3 Å². The van der Waals surface area contributed by atoms with Gasteiger partial charge in [0, 0.05) is 0 Å². The molecule has 0 aliphatic heterocycles. The van der Waals surface area contributed by atoms with Crippen molar-refractivity contribution in [2.24, 2.45) is 10.2 Å². The molecule has 6 heavy (non-hydrogen) atoms. The Morgan fingerprint density at radius 2 is 1.67 bits per heavy atom. The third kappa shape index (κ3) is 2.12. The van der Waals surface area contributed by atoms with Gasteiger partial charge in [-0.05, 0) is 0 Å². The van der Waals surface area contributed by atoms with Crippen LogP contribution in [0.2, 0.25) is 0 Å². The molecule has 5 heteroatoms. The van der Waals surface area contributed by atoms with E-state index < -0.39 is 0 Å². The maximum atomic E-state index is 6.19. The molecule has 0 saturated carbocycles. The van der Waals surface area contributed by atoms with Crippen LogP contribution in [-0.2, 0) is 0 Å². The first-order chi connectivity index (χ1) is 2.81.